The van der Waals surface area contributed by atoms with Gasteiger partial charge in [0.1, 0.15) is 5.82 Å². The van der Waals surface area contributed by atoms with Crippen molar-refractivity contribution in [1.82, 2.24) is 9.80 Å². The number of halogens is 2. The van der Waals surface area contributed by atoms with Gasteiger partial charge in [-0.05, 0) is 49.9 Å². The molecule has 1 spiro atoms. The van der Waals surface area contributed by atoms with Crippen molar-refractivity contribution in [2.45, 2.75) is 38.8 Å². The summed E-state index contributed by atoms with van der Waals surface area (Å²) in [6.45, 7) is 4.85. The summed E-state index contributed by atoms with van der Waals surface area (Å²) in [5, 5.41) is 10.6. The quantitative estimate of drug-likeness (QED) is 0.888. The van der Waals surface area contributed by atoms with Gasteiger partial charge >= 0.3 is 0 Å². The first-order chi connectivity index (χ1) is 11.4. The van der Waals surface area contributed by atoms with Gasteiger partial charge in [-0.2, -0.15) is 0 Å². The van der Waals surface area contributed by atoms with Crippen molar-refractivity contribution >= 4 is 17.5 Å². The second-order valence-electron chi connectivity index (χ2n) is 7.23. The molecule has 6 heteroatoms. The van der Waals surface area contributed by atoms with Crippen LogP contribution >= 0.6 is 11.6 Å². The number of amides is 1. The Morgan fingerprint density at radius 1 is 1.42 bits per heavy atom. The van der Waals surface area contributed by atoms with Crippen molar-refractivity contribution in [2.75, 3.05) is 26.2 Å². The van der Waals surface area contributed by atoms with Crippen LogP contribution in [0.4, 0.5) is 4.39 Å². The van der Waals surface area contributed by atoms with Gasteiger partial charge in [-0.15, -0.1) is 0 Å². The number of carbonyl (C=O) groups excluding carboxylic acids is 1. The summed E-state index contributed by atoms with van der Waals surface area (Å²) in [4.78, 5) is 15.7. The Hall–Kier alpha value is -1.17. The van der Waals surface area contributed by atoms with Crippen LogP contribution in [0.5, 0.6) is 0 Å². The number of rotatable bonds is 2. The highest BCUT2D eigenvalue weighted by Gasteiger charge is 2.42. The van der Waals surface area contributed by atoms with E-state index < -0.39 is 6.10 Å². The highest BCUT2D eigenvalue weighted by molar-refractivity contribution is 6.31. The number of piperidine rings is 2. The lowest BCUT2D eigenvalue weighted by molar-refractivity contribution is -0.138. The smallest absolute Gasteiger partial charge is 0.219 e. The van der Waals surface area contributed by atoms with E-state index in [1.807, 2.05) is 0 Å². The van der Waals surface area contributed by atoms with Crippen LogP contribution in [-0.4, -0.2) is 53.1 Å². The standard InChI is InChI=1S/C18H24ClFN2O2/c1-13(23)22-10-14(24)9-18(12-22)5-7-21(8-6-18)11-15-16(19)3-2-4-17(15)20/h2-4,14,24H,5-12H2,1H3. The number of aliphatic hydroxyl groups is 1. The maximum atomic E-state index is 14.0. The zero-order valence-electron chi connectivity index (χ0n) is 14.0. The Labute approximate surface area is 147 Å². The topological polar surface area (TPSA) is 43.8 Å². The van der Waals surface area contributed by atoms with E-state index in [1.54, 1.807) is 24.0 Å². The van der Waals surface area contributed by atoms with E-state index in [1.165, 1.54) is 6.07 Å². The molecule has 2 aliphatic heterocycles. The van der Waals surface area contributed by atoms with Gasteiger partial charge in [-0.1, -0.05) is 17.7 Å². The highest BCUT2D eigenvalue weighted by Crippen LogP contribution is 2.40. The molecule has 0 aliphatic carbocycles. The molecule has 2 heterocycles. The molecule has 132 valence electrons. The van der Waals surface area contributed by atoms with Crippen LogP contribution in [0, 0.1) is 11.2 Å². The van der Waals surface area contributed by atoms with E-state index in [4.69, 9.17) is 11.6 Å². The minimum atomic E-state index is -0.449. The fraction of sp³-hybridized carbons (Fsp3) is 0.611. The molecule has 1 N–H and O–H groups in total. The third-order valence-corrected chi connectivity index (χ3v) is 5.79. The molecule has 2 aliphatic rings. The Kier molecular flexibility index (Phi) is 5.13. The third kappa shape index (κ3) is 3.73. The summed E-state index contributed by atoms with van der Waals surface area (Å²) in [5.74, 6) is -0.243. The van der Waals surface area contributed by atoms with Gasteiger partial charge in [0.2, 0.25) is 5.91 Å². The monoisotopic (exact) mass is 354 g/mol. The predicted octanol–water partition coefficient (Wildman–Crippen LogP) is 2.67. The zero-order chi connectivity index (χ0) is 17.3. The normalized spacial score (nSPS) is 24.3. The van der Waals surface area contributed by atoms with Crippen molar-refractivity contribution in [3.8, 4) is 0 Å². The lowest BCUT2D eigenvalue weighted by Crippen LogP contribution is -2.54. The van der Waals surface area contributed by atoms with Crippen molar-refractivity contribution < 1.29 is 14.3 Å². The summed E-state index contributed by atoms with van der Waals surface area (Å²) in [5.41, 5.74) is 0.531. The summed E-state index contributed by atoms with van der Waals surface area (Å²) < 4.78 is 14.0. The number of benzene rings is 1. The predicted molar refractivity (Wildman–Crippen MR) is 91.2 cm³/mol. The van der Waals surface area contributed by atoms with Crippen LogP contribution in [0.2, 0.25) is 5.02 Å². The average Bonchev–Trinajstić information content (AvgIpc) is 2.52. The Balaban J connectivity index is 1.64. The van der Waals surface area contributed by atoms with Crippen LogP contribution < -0.4 is 0 Å². The first-order valence-corrected chi connectivity index (χ1v) is 8.85. The van der Waals surface area contributed by atoms with E-state index >= 15 is 0 Å². The summed E-state index contributed by atoms with van der Waals surface area (Å²) >= 11 is 6.12. The molecule has 1 unspecified atom stereocenters. The molecule has 0 radical (unpaired) electrons. The number of aliphatic hydroxyl groups excluding tert-OH is 1. The molecular weight excluding hydrogens is 331 g/mol. The van der Waals surface area contributed by atoms with Crippen LogP contribution in [-0.2, 0) is 11.3 Å². The maximum absolute atomic E-state index is 14.0. The van der Waals surface area contributed by atoms with Crippen LogP contribution in [0.1, 0.15) is 31.7 Å². The molecule has 0 aromatic heterocycles. The van der Waals surface area contributed by atoms with Gasteiger partial charge < -0.3 is 10.0 Å². The number of nitrogens with zero attached hydrogens (tertiary/aromatic N) is 2. The molecule has 2 fully saturated rings. The molecule has 4 nitrogen and oxygen atoms in total. The maximum Gasteiger partial charge on any atom is 0.219 e. The Morgan fingerprint density at radius 2 is 2.12 bits per heavy atom. The van der Waals surface area contributed by atoms with Crippen LogP contribution in [0.25, 0.3) is 0 Å². The lowest BCUT2D eigenvalue weighted by atomic mass is 9.71. The van der Waals surface area contributed by atoms with Crippen molar-refractivity contribution in [2.24, 2.45) is 5.41 Å². The number of carbonyl (C=O) groups is 1. The first kappa shape index (κ1) is 17.6. The minimum Gasteiger partial charge on any atom is -0.391 e. The SMILES string of the molecule is CC(=O)N1CC(O)CC2(CCN(Cc3c(F)cccc3Cl)CC2)C1. The van der Waals surface area contributed by atoms with Gasteiger partial charge in [0, 0.05) is 37.1 Å². The van der Waals surface area contributed by atoms with Crippen molar-refractivity contribution in [1.29, 1.82) is 0 Å². The molecule has 1 amide bonds. The number of β-amino-alcohol motifs (C(OH)–C–C–N with tert-alkyl or cyclic N) is 1. The Morgan fingerprint density at radius 3 is 2.75 bits per heavy atom. The van der Waals surface area contributed by atoms with Crippen LogP contribution in [0.15, 0.2) is 18.2 Å². The molecule has 24 heavy (non-hydrogen) atoms. The van der Waals surface area contributed by atoms with Crippen molar-refractivity contribution in [3.63, 3.8) is 0 Å². The largest absolute Gasteiger partial charge is 0.391 e. The fourth-order valence-corrected chi connectivity index (χ4v) is 4.27. The van der Waals surface area contributed by atoms with Gasteiger partial charge in [0.15, 0.2) is 0 Å². The van der Waals surface area contributed by atoms with Gasteiger partial charge in [0.25, 0.3) is 0 Å². The molecule has 1 atom stereocenters. The number of likely N-dealkylation sites (tertiary alicyclic amines) is 2. The second-order valence-corrected chi connectivity index (χ2v) is 7.64. The molecule has 1 aromatic rings. The first-order valence-electron chi connectivity index (χ1n) is 8.47. The molecule has 3 rings (SSSR count). The average molecular weight is 355 g/mol. The van der Waals surface area contributed by atoms with Gasteiger partial charge in [0.05, 0.1) is 6.10 Å². The van der Waals surface area contributed by atoms with E-state index in [9.17, 15) is 14.3 Å². The Bertz CT molecular complexity index is 597. The lowest BCUT2D eigenvalue weighted by Gasteiger charge is -2.49. The summed E-state index contributed by atoms with van der Waals surface area (Å²) in [6.07, 6.45) is 2.10. The van der Waals surface area contributed by atoms with E-state index in [-0.39, 0.29) is 17.1 Å². The highest BCUT2D eigenvalue weighted by atomic mass is 35.5. The molecule has 0 bridgehead atoms. The third-order valence-electron chi connectivity index (χ3n) is 5.43. The van der Waals surface area contributed by atoms with E-state index in [2.05, 4.69) is 4.90 Å². The van der Waals surface area contributed by atoms with Gasteiger partial charge in [-0.3, -0.25) is 9.69 Å². The summed E-state index contributed by atoms with van der Waals surface area (Å²) in [6, 6.07) is 4.77. The minimum absolute atomic E-state index is 0.0150. The fourth-order valence-electron chi connectivity index (χ4n) is 4.05. The van der Waals surface area contributed by atoms with Crippen LogP contribution in [0.3, 0.4) is 0 Å². The zero-order valence-corrected chi connectivity index (χ0v) is 14.7. The van der Waals surface area contributed by atoms with Crippen molar-refractivity contribution in [3.05, 3.63) is 34.6 Å². The summed E-state index contributed by atoms with van der Waals surface area (Å²) in [7, 11) is 0. The van der Waals surface area contributed by atoms with E-state index in [0.29, 0.717) is 30.2 Å². The molecule has 0 saturated carbocycles. The molecule has 2 saturated heterocycles. The number of hydrogen-bond acceptors (Lipinski definition) is 3. The van der Waals surface area contributed by atoms with Gasteiger partial charge in [-0.25, -0.2) is 4.39 Å². The number of hydrogen-bond donors (Lipinski definition) is 1. The molecule has 1 aromatic carbocycles. The second kappa shape index (κ2) is 6.98. The molecular formula is C18H24ClFN2O2. The van der Waals surface area contributed by atoms with E-state index in [0.717, 1.165) is 32.4 Å².